The lowest BCUT2D eigenvalue weighted by atomic mass is 10.0. The number of likely N-dealkylation sites (N-methyl/N-ethyl adjacent to an activating group) is 1. The third-order valence-electron chi connectivity index (χ3n) is 5.22. The largest absolute Gasteiger partial charge is 0.497 e. The molecule has 1 aromatic heterocycles. The van der Waals surface area contributed by atoms with Gasteiger partial charge in [-0.15, -0.1) is 0 Å². The molecule has 2 N–H and O–H groups in total. The lowest BCUT2D eigenvalue weighted by Crippen LogP contribution is -2.34. The van der Waals surface area contributed by atoms with E-state index in [1.807, 2.05) is 79.9 Å². The minimum Gasteiger partial charge on any atom is -0.497 e. The Balaban J connectivity index is 1.51. The van der Waals surface area contributed by atoms with Crippen LogP contribution < -0.4 is 15.4 Å². The summed E-state index contributed by atoms with van der Waals surface area (Å²) in [5, 5.41) is 5.71. The van der Waals surface area contributed by atoms with E-state index < -0.39 is 0 Å². The Hall–Kier alpha value is -3.84. The van der Waals surface area contributed by atoms with Crippen molar-refractivity contribution in [3.05, 3.63) is 73.1 Å². The molecule has 4 rings (SSSR count). The first-order valence-electron chi connectivity index (χ1n) is 10.4. The van der Waals surface area contributed by atoms with Crippen LogP contribution in [0.15, 0.2) is 73.1 Å². The Morgan fingerprint density at radius 3 is 2.41 bits per heavy atom. The number of fused-ring (bicyclic) bond motifs is 1. The number of amides is 2. The number of nitrogens with one attached hydrogen (secondary N) is 2. The van der Waals surface area contributed by atoms with Crippen molar-refractivity contribution < 1.29 is 9.53 Å². The van der Waals surface area contributed by atoms with Gasteiger partial charge in [-0.3, -0.25) is 4.57 Å². The van der Waals surface area contributed by atoms with Gasteiger partial charge in [0.25, 0.3) is 0 Å². The minimum absolute atomic E-state index is 0.204. The number of rotatable bonds is 7. The molecule has 0 radical (unpaired) electrons. The van der Waals surface area contributed by atoms with Gasteiger partial charge in [-0.25, -0.2) is 9.78 Å². The number of hydrogen-bond acceptors (Lipinski definition) is 4. The van der Waals surface area contributed by atoms with Crippen molar-refractivity contribution in [2.75, 3.05) is 39.6 Å². The van der Waals surface area contributed by atoms with E-state index in [-0.39, 0.29) is 6.03 Å². The van der Waals surface area contributed by atoms with E-state index in [1.165, 1.54) is 0 Å². The first-order valence-corrected chi connectivity index (χ1v) is 10.4. The Kier molecular flexibility index (Phi) is 6.37. The molecule has 0 unspecified atom stereocenters. The van der Waals surface area contributed by atoms with Crippen molar-refractivity contribution in [3.8, 4) is 22.6 Å². The zero-order valence-electron chi connectivity index (χ0n) is 18.5. The molecule has 0 bridgehead atoms. The highest BCUT2D eigenvalue weighted by atomic mass is 16.5. The van der Waals surface area contributed by atoms with Crippen molar-refractivity contribution in [2.45, 2.75) is 0 Å². The molecule has 7 heteroatoms. The highest BCUT2D eigenvalue weighted by Crippen LogP contribution is 2.27. The Morgan fingerprint density at radius 2 is 1.72 bits per heavy atom. The van der Waals surface area contributed by atoms with E-state index in [4.69, 9.17) is 4.74 Å². The molecule has 0 spiro atoms. The molecular formula is C25H27N5O2. The topological polar surface area (TPSA) is 71.4 Å². The maximum Gasteiger partial charge on any atom is 0.319 e. The molecule has 0 saturated carbocycles. The van der Waals surface area contributed by atoms with Crippen LogP contribution in [0, 0.1) is 0 Å². The number of hydrogen-bond donors (Lipinski definition) is 2. The maximum atomic E-state index is 12.0. The molecule has 0 saturated heterocycles. The molecule has 0 fully saturated rings. The van der Waals surface area contributed by atoms with E-state index in [0.717, 1.165) is 45.8 Å². The summed E-state index contributed by atoms with van der Waals surface area (Å²) >= 11 is 0. The predicted octanol–water partition coefficient (Wildman–Crippen LogP) is 4.38. The van der Waals surface area contributed by atoms with Gasteiger partial charge in [0.05, 0.1) is 18.1 Å². The lowest BCUT2D eigenvalue weighted by Gasteiger charge is -2.11. The molecule has 0 aliphatic heterocycles. The van der Waals surface area contributed by atoms with Crippen LogP contribution in [-0.4, -0.2) is 54.8 Å². The number of imidazole rings is 1. The van der Waals surface area contributed by atoms with Gasteiger partial charge in [-0.1, -0.05) is 18.2 Å². The molecule has 0 atom stereocenters. The maximum absolute atomic E-state index is 12.0. The number of carbonyl (C=O) groups is 1. The van der Waals surface area contributed by atoms with E-state index in [1.54, 1.807) is 7.11 Å². The standard InChI is InChI=1S/C25H27N5O2/c1-29(2)15-14-26-25(31)28-20-7-4-18(5-8-20)19-6-13-23-24(16-19)30(17-27-23)21-9-11-22(32-3)12-10-21/h4-13,16-17H,14-15H2,1-3H3,(H2,26,28,31). The smallest absolute Gasteiger partial charge is 0.319 e. The average Bonchev–Trinajstić information content (AvgIpc) is 3.22. The summed E-state index contributed by atoms with van der Waals surface area (Å²) in [4.78, 5) is 18.6. The fourth-order valence-corrected chi connectivity index (χ4v) is 3.45. The van der Waals surface area contributed by atoms with Crippen LogP contribution in [-0.2, 0) is 0 Å². The number of benzene rings is 3. The molecular weight excluding hydrogens is 402 g/mol. The number of ether oxygens (including phenoxy) is 1. The van der Waals surface area contributed by atoms with E-state index in [9.17, 15) is 4.79 Å². The van der Waals surface area contributed by atoms with Crippen molar-refractivity contribution >= 4 is 22.8 Å². The van der Waals surface area contributed by atoms with Gasteiger partial charge in [0.15, 0.2) is 0 Å². The second-order valence-corrected chi connectivity index (χ2v) is 7.78. The van der Waals surface area contributed by atoms with Gasteiger partial charge in [0, 0.05) is 24.5 Å². The average molecular weight is 430 g/mol. The van der Waals surface area contributed by atoms with Gasteiger partial charge in [-0.05, 0) is 73.8 Å². The van der Waals surface area contributed by atoms with Crippen molar-refractivity contribution in [3.63, 3.8) is 0 Å². The molecule has 4 aromatic rings. The van der Waals surface area contributed by atoms with Crippen LogP contribution in [0.4, 0.5) is 10.5 Å². The zero-order chi connectivity index (χ0) is 22.5. The summed E-state index contributed by atoms with van der Waals surface area (Å²) in [6, 6.07) is 21.7. The number of methoxy groups -OCH3 is 1. The van der Waals surface area contributed by atoms with Crippen LogP contribution >= 0.6 is 0 Å². The summed E-state index contributed by atoms with van der Waals surface area (Å²) in [5.74, 6) is 0.818. The van der Waals surface area contributed by atoms with E-state index >= 15 is 0 Å². The third-order valence-corrected chi connectivity index (χ3v) is 5.22. The third kappa shape index (κ3) is 4.90. The normalized spacial score (nSPS) is 11.0. The van der Waals surface area contributed by atoms with Gasteiger partial charge in [0.2, 0.25) is 0 Å². The van der Waals surface area contributed by atoms with E-state index in [0.29, 0.717) is 6.54 Å². The highest BCUT2D eigenvalue weighted by molar-refractivity contribution is 5.90. The number of anilines is 1. The fourth-order valence-electron chi connectivity index (χ4n) is 3.45. The SMILES string of the molecule is COc1ccc(-n2cnc3ccc(-c4ccc(NC(=O)NCCN(C)C)cc4)cc32)cc1. The molecule has 7 nitrogen and oxygen atoms in total. The first-order chi connectivity index (χ1) is 15.5. The molecule has 164 valence electrons. The molecule has 3 aromatic carbocycles. The van der Waals surface area contributed by atoms with E-state index in [2.05, 4.69) is 32.3 Å². The van der Waals surface area contributed by atoms with Gasteiger partial charge in [0.1, 0.15) is 12.1 Å². The highest BCUT2D eigenvalue weighted by Gasteiger charge is 2.08. The lowest BCUT2D eigenvalue weighted by molar-refractivity contribution is 0.250. The molecule has 0 aliphatic carbocycles. The minimum atomic E-state index is -0.204. The van der Waals surface area contributed by atoms with Crippen LogP contribution in [0.1, 0.15) is 0 Å². The first kappa shape index (κ1) is 21.4. The fraction of sp³-hybridized carbons (Fsp3) is 0.200. The number of urea groups is 1. The Bertz CT molecular complexity index is 1200. The second kappa shape index (κ2) is 9.53. The van der Waals surface area contributed by atoms with Crippen molar-refractivity contribution in [1.82, 2.24) is 19.8 Å². The monoisotopic (exact) mass is 429 g/mol. The summed E-state index contributed by atoms with van der Waals surface area (Å²) in [7, 11) is 5.60. The molecule has 32 heavy (non-hydrogen) atoms. The second-order valence-electron chi connectivity index (χ2n) is 7.78. The van der Waals surface area contributed by atoms with Crippen molar-refractivity contribution in [1.29, 1.82) is 0 Å². The van der Waals surface area contributed by atoms with Crippen molar-refractivity contribution in [2.24, 2.45) is 0 Å². The zero-order valence-corrected chi connectivity index (χ0v) is 18.5. The summed E-state index contributed by atoms with van der Waals surface area (Å²) in [6.45, 7) is 1.39. The summed E-state index contributed by atoms with van der Waals surface area (Å²) in [6.07, 6.45) is 1.83. The van der Waals surface area contributed by atoms with Crippen LogP contribution in [0.5, 0.6) is 5.75 Å². The number of nitrogens with zero attached hydrogens (tertiary/aromatic N) is 3. The Labute approximate surface area is 187 Å². The van der Waals surface area contributed by atoms with Crippen LogP contribution in [0.3, 0.4) is 0 Å². The summed E-state index contributed by atoms with van der Waals surface area (Å²) in [5.41, 5.74) is 5.86. The van der Waals surface area contributed by atoms with Crippen LogP contribution in [0.2, 0.25) is 0 Å². The molecule has 1 heterocycles. The Morgan fingerprint density at radius 1 is 1.00 bits per heavy atom. The van der Waals surface area contributed by atoms with Gasteiger partial charge < -0.3 is 20.3 Å². The number of carbonyl (C=O) groups excluding carboxylic acids is 1. The van der Waals surface area contributed by atoms with Gasteiger partial charge in [-0.2, -0.15) is 0 Å². The molecule has 2 amide bonds. The quantitative estimate of drug-likeness (QED) is 0.457. The predicted molar refractivity (Wildman–Crippen MR) is 129 cm³/mol. The van der Waals surface area contributed by atoms with Crippen LogP contribution in [0.25, 0.3) is 27.8 Å². The molecule has 0 aliphatic rings. The van der Waals surface area contributed by atoms with Gasteiger partial charge >= 0.3 is 6.03 Å². The number of aromatic nitrogens is 2. The summed E-state index contributed by atoms with van der Waals surface area (Å²) < 4.78 is 7.32.